The second kappa shape index (κ2) is 2.75. The third-order valence-electron chi connectivity index (χ3n) is 1.58. The molecule has 1 N–H and O–H groups in total. The summed E-state index contributed by atoms with van der Waals surface area (Å²) in [5.41, 5.74) is 0.834. The summed E-state index contributed by atoms with van der Waals surface area (Å²) >= 11 is 3.34. The smallest absolute Gasteiger partial charge is 0.154 e. The van der Waals surface area contributed by atoms with Crippen molar-refractivity contribution in [2.75, 3.05) is 12.4 Å². The van der Waals surface area contributed by atoms with Crippen LogP contribution in [0.25, 0.3) is 5.65 Å². The van der Waals surface area contributed by atoms with Crippen LogP contribution in [0, 0.1) is 0 Å². The van der Waals surface area contributed by atoms with E-state index in [1.807, 2.05) is 19.2 Å². The van der Waals surface area contributed by atoms with E-state index in [0.29, 0.717) is 0 Å². The summed E-state index contributed by atoms with van der Waals surface area (Å²) in [7, 11) is 1.83. The number of hydrogen-bond acceptors (Lipinski definition) is 3. The highest BCUT2D eigenvalue weighted by Crippen LogP contribution is 2.12. The summed E-state index contributed by atoms with van der Waals surface area (Å²) in [6.07, 6.45) is 1.72. The van der Waals surface area contributed by atoms with E-state index in [4.69, 9.17) is 0 Å². The fourth-order valence-corrected chi connectivity index (χ4v) is 1.34. The first-order valence-corrected chi connectivity index (χ1v) is 4.28. The SMILES string of the molecule is CNc1ccc2ncc(Br)n2n1. The normalized spacial score (nSPS) is 10.5. The van der Waals surface area contributed by atoms with E-state index in [1.54, 1.807) is 10.7 Å². The Labute approximate surface area is 77.7 Å². The zero-order valence-corrected chi connectivity index (χ0v) is 8.04. The van der Waals surface area contributed by atoms with Gasteiger partial charge in [0.1, 0.15) is 10.4 Å². The average Bonchev–Trinajstić information content (AvgIpc) is 2.47. The predicted molar refractivity (Wildman–Crippen MR) is 50.2 cm³/mol. The minimum absolute atomic E-state index is 0.821. The lowest BCUT2D eigenvalue weighted by molar-refractivity contribution is 0.919. The van der Waals surface area contributed by atoms with Crippen molar-refractivity contribution in [2.24, 2.45) is 0 Å². The maximum absolute atomic E-state index is 4.25. The molecule has 0 unspecified atom stereocenters. The molecule has 12 heavy (non-hydrogen) atoms. The zero-order chi connectivity index (χ0) is 8.55. The number of rotatable bonds is 1. The van der Waals surface area contributed by atoms with Gasteiger partial charge in [-0.05, 0) is 28.1 Å². The first-order valence-electron chi connectivity index (χ1n) is 3.49. The van der Waals surface area contributed by atoms with Crippen LogP contribution in [0.1, 0.15) is 0 Å². The molecule has 0 amide bonds. The minimum atomic E-state index is 0.821. The van der Waals surface area contributed by atoms with Crippen molar-refractivity contribution < 1.29 is 0 Å². The maximum atomic E-state index is 4.25. The molecule has 0 aliphatic heterocycles. The Bertz CT molecular complexity index is 409. The lowest BCUT2D eigenvalue weighted by Gasteiger charge is -1.98. The van der Waals surface area contributed by atoms with Crippen molar-refractivity contribution in [3.63, 3.8) is 0 Å². The summed E-state index contributed by atoms with van der Waals surface area (Å²) in [5, 5.41) is 7.20. The van der Waals surface area contributed by atoms with Gasteiger partial charge in [0.05, 0.1) is 6.20 Å². The zero-order valence-electron chi connectivity index (χ0n) is 6.45. The van der Waals surface area contributed by atoms with Gasteiger partial charge in [0.2, 0.25) is 0 Å². The average molecular weight is 227 g/mol. The Hall–Kier alpha value is -1.10. The van der Waals surface area contributed by atoms with Crippen LogP contribution in [0.3, 0.4) is 0 Å². The number of aromatic nitrogens is 3. The van der Waals surface area contributed by atoms with Gasteiger partial charge in [-0.1, -0.05) is 0 Å². The summed E-state index contributed by atoms with van der Waals surface area (Å²) in [5.74, 6) is 0.821. The van der Waals surface area contributed by atoms with Crippen LogP contribution in [0.5, 0.6) is 0 Å². The van der Waals surface area contributed by atoms with Gasteiger partial charge in [0.15, 0.2) is 5.65 Å². The molecule has 2 rings (SSSR count). The Kier molecular flexibility index (Phi) is 1.73. The summed E-state index contributed by atoms with van der Waals surface area (Å²) in [6, 6.07) is 3.79. The third kappa shape index (κ3) is 1.06. The molecule has 4 nitrogen and oxygen atoms in total. The Morgan fingerprint density at radius 3 is 3.08 bits per heavy atom. The van der Waals surface area contributed by atoms with Gasteiger partial charge in [-0.25, -0.2) is 9.50 Å². The molecule has 0 fully saturated rings. The van der Waals surface area contributed by atoms with Crippen LogP contribution in [0.4, 0.5) is 5.82 Å². The highest BCUT2D eigenvalue weighted by molar-refractivity contribution is 9.10. The monoisotopic (exact) mass is 226 g/mol. The molecule has 0 aromatic carbocycles. The standard InChI is InChI=1S/C7H7BrN4/c1-9-6-2-3-7-10-4-5(8)12(7)11-6/h2-4H,1H3,(H,9,11). The molecule has 0 atom stereocenters. The molecule has 2 aromatic rings. The van der Waals surface area contributed by atoms with Crippen molar-refractivity contribution >= 4 is 27.4 Å². The molecule has 2 aromatic heterocycles. The van der Waals surface area contributed by atoms with Gasteiger partial charge in [-0.3, -0.25) is 0 Å². The molecule has 0 aliphatic rings. The van der Waals surface area contributed by atoms with Crippen LogP contribution in [-0.2, 0) is 0 Å². The van der Waals surface area contributed by atoms with E-state index < -0.39 is 0 Å². The van der Waals surface area contributed by atoms with E-state index in [-0.39, 0.29) is 0 Å². The number of hydrogen-bond donors (Lipinski definition) is 1. The highest BCUT2D eigenvalue weighted by atomic mass is 79.9. The molecule has 0 spiro atoms. The van der Waals surface area contributed by atoms with Crippen molar-refractivity contribution in [2.45, 2.75) is 0 Å². The number of fused-ring (bicyclic) bond motifs is 1. The van der Waals surface area contributed by atoms with E-state index in [1.165, 1.54) is 0 Å². The third-order valence-corrected chi connectivity index (χ3v) is 2.12. The fraction of sp³-hybridized carbons (Fsp3) is 0.143. The molecule has 0 saturated heterocycles. The van der Waals surface area contributed by atoms with Gasteiger partial charge in [0.25, 0.3) is 0 Å². The molecule has 0 saturated carbocycles. The van der Waals surface area contributed by atoms with E-state index in [0.717, 1.165) is 16.1 Å². The number of halogens is 1. The Morgan fingerprint density at radius 1 is 1.50 bits per heavy atom. The molecule has 0 radical (unpaired) electrons. The van der Waals surface area contributed by atoms with Crippen molar-refractivity contribution in [3.05, 3.63) is 22.9 Å². The molecular formula is C7H7BrN4. The van der Waals surface area contributed by atoms with Gasteiger partial charge >= 0.3 is 0 Å². The number of nitrogens with zero attached hydrogens (tertiary/aromatic N) is 3. The topological polar surface area (TPSA) is 42.2 Å². The minimum Gasteiger partial charge on any atom is -0.372 e. The number of nitrogens with one attached hydrogen (secondary N) is 1. The van der Waals surface area contributed by atoms with Gasteiger partial charge in [-0.2, -0.15) is 0 Å². The van der Waals surface area contributed by atoms with Gasteiger partial charge in [0, 0.05) is 7.05 Å². The Balaban J connectivity index is 2.71. The van der Waals surface area contributed by atoms with Gasteiger partial charge in [-0.15, -0.1) is 5.10 Å². The lowest BCUT2D eigenvalue weighted by Crippen LogP contribution is -1.98. The molecular weight excluding hydrogens is 220 g/mol. The van der Waals surface area contributed by atoms with Crippen LogP contribution >= 0.6 is 15.9 Å². The van der Waals surface area contributed by atoms with Crippen molar-refractivity contribution in [1.29, 1.82) is 0 Å². The van der Waals surface area contributed by atoms with E-state index in [9.17, 15) is 0 Å². The quantitative estimate of drug-likeness (QED) is 0.803. The summed E-state index contributed by atoms with van der Waals surface area (Å²) < 4.78 is 2.58. The lowest BCUT2D eigenvalue weighted by atomic mass is 10.5. The second-order valence-corrected chi connectivity index (χ2v) is 3.13. The molecule has 2 heterocycles. The van der Waals surface area contributed by atoms with Crippen LogP contribution in [0.15, 0.2) is 22.9 Å². The largest absolute Gasteiger partial charge is 0.372 e. The number of imidazole rings is 1. The highest BCUT2D eigenvalue weighted by Gasteiger charge is 2.00. The van der Waals surface area contributed by atoms with E-state index >= 15 is 0 Å². The number of anilines is 1. The van der Waals surface area contributed by atoms with Crippen LogP contribution in [0.2, 0.25) is 0 Å². The first-order chi connectivity index (χ1) is 5.81. The molecule has 5 heteroatoms. The molecule has 0 bridgehead atoms. The summed E-state index contributed by atoms with van der Waals surface area (Å²) in [6.45, 7) is 0. The van der Waals surface area contributed by atoms with Crippen LogP contribution < -0.4 is 5.32 Å². The van der Waals surface area contributed by atoms with E-state index in [2.05, 4.69) is 31.3 Å². The predicted octanol–water partition coefficient (Wildman–Crippen LogP) is 1.53. The second-order valence-electron chi connectivity index (χ2n) is 2.32. The van der Waals surface area contributed by atoms with Gasteiger partial charge < -0.3 is 5.32 Å². The van der Waals surface area contributed by atoms with Crippen molar-refractivity contribution in [1.82, 2.24) is 14.6 Å². The molecule has 62 valence electrons. The Morgan fingerprint density at radius 2 is 2.33 bits per heavy atom. The maximum Gasteiger partial charge on any atom is 0.154 e. The molecule has 0 aliphatic carbocycles. The fourth-order valence-electron chi connectivity index (χ4n) is 0.979. The van der Waals surface area contributed by atoms with Crippen LogP contribution in [-0.4, -0.2) is 21.6 Å². The first kappa shape index (κ1) is 7.54. The van der Waals surface area contributed by atoms with Crippen molar-refractivity contribution in [3.8, 4) is 0 Å². The summed E-state index contributed by atoms with van der Waals surface area (Å²) in [4.78, 5) is 4.12.